The average molecular weight is 308 g/mol. The van der Waals surface area contributed by atoms with Gasteiger partial charge in [0.2, 0.25) is 5.91 Å². The predicted octanol–water partition coefficient (Wildman–Crippen LogP) is 0.0119. The minimum absolute atomic E-state index is 0.0945. The molecule has 0 radical (unpaired) electrons. The van der Waals surface area contributed by atoms with Crippen molar-refractivity contribution in [3.8, 4) is 0 Å². The minimum atomic E-state index is -0.834. The number of carbonyl (C=O) groups is 3. The number of rotatable bonds is 4. The van der Waals surface area contributed by atoms with Crippen LogP contribution < -0.4 is 5.32 Å². The molecule has 0 aromatic heterocycles. The van der Waals surface area contributed by atoms with Gasteiger partial charge in [0.25, 0.3) is 5.91 Å². The van der Waals surface area contributed by atoms with Crippen molar-refractivity contribution in [2.24, 2.45) is 0 Å². The summed E-state index contributed by atoms with van der Waals surface area (Å²) in [5.74, 6) is -0.0602. The molecule has 1 N–H and O–H groups in total. The lowest BCUT2D eigenvalue weighted by molar-refractivity contribution is -0.133. The molecule has 7 nitrogen and oxygen atoms in total. The highest BCUT2D eigenvalue weighted by molar-refractivity contribution is 6.07. The topological polar surface area (TPSA) is 73.0 Å². The van der Waals surface area contributed by atoms with E-state index in [-0.39, 0.29) is 23.9 Å². The van der Waals surface area contributed by atoms with E-state index < -0.39 is 5.54 Å². The molecule has 0 aromatic carbocycles. The highest BCUT2D eigenvalue weighted by atomic mass is 16.2. The van der Waals surface area contributed by atoms with E-state index in [1.54, 1.807) is 4.90 Å². The van der Waals surface area contributed by atoms with Gasteiger partial charge in [-0.2, -0.15) is 0 Å². The van der Waals surface area contributed by atoms with Gasteiger partial charge in [-0.25, -0.2) is 4.79 Å². The fraction of sp³-hybridized carbons (Fsp3) is 0.800. The Hall–Kier alpha value is -1.63. The van der Waals surface area contributed by atoms with Crippen LogP contribution in [-0.4, -0.2) is 76.8 Å². The smallest absolute Gasteiger partial charge is 0.325 e. The van der Waals surface area contributed by atoms with Crippen molar-refractivity contribution in [2.45, 2.75) is 50.7 Å². The molecule has 2 heterocycles. The minimum Gasteiger partial charge on any atom is -0.342 e. The summed E-state index contributed by atoms with van der Waals surface area (Å²) in [4.78, 5) is 41.9. The van der Waals surface area contributed by atoms with Crippen LogP contribution in [0.25, 0.3) is 0 Å². The fourth-order valence-corrected chi connectivity index (χ4v) is 3.38. The number of urea groups is 1. The van der Waals surface area contributed by atoms with Crippen molar-refractivity contribution in [1.82, 2.24) is 20.0 Å². The molecule has 3 fully saturated rings. The van der Waals surface area contributed by atoms with Gasteiger partial charge in [0.1, 0.15) is 5.54 Å². The lowest BCUT2D eigenvalue weighted by atomic mass is 9.98. The summed E-state index contributed by atoms with van der Waals surface area (Å²) < 4.78 is 0. The molecule has 4 amide bonds. The van der Waals surface area contributed by atoms with Crippen LogP contribution >= 0.6 is 0 Å². The molecule has 2 aliphatic heterocycles. The summed E-state index contributed by atoms with van der Waals surface area (Å²) in [6.07, 6.45) is 2.75. The number of nitrogens with one attached hydrogen (secondary N) is 1. The second kappa shape index (κ2) is 5.22. The molecule has 7 heteroatoms. The molecular weight excluding hydrogens is 284 g/mol. The number of hydrogen-bond acceptors (Lipinski definition) is 4. The zero-order valence-electron chi connectivity index (χ0n) is 13.5. The van der Waals surface area contributed by atoms with Crippen LogP contribution in [0.15, 0.2) is 0 Å². The van der Waals surface area contributed by atoms with Gasteiger partial charge in [-0.1, -0.05) is 0 Å². The first kappa shape index (κ1) is 15.3. The molecule has 1 spiro atoms. The summed E-state index contributed by atoms with van der Waals surface area (Å²) in [5.41, 5.74) is -0.834. The number of likely N-dealkylation sites (N-methyl/N-ethyl adjacent to an activating group) is 1. The molecule has 0 bridgehead atoms. The van der Waals surface area contributed by atoms with Crippen LogP contribution in [-0.2, 0) is 9.59 Å². The second-order valence-electron chi connectivity index (χ2n) is 6.98. The molecule has 3 aliphatic rings. The zero-order valence-corrected chi connectivity index (χ0v) is 13.5. The quantitative estimate of drug-likeness (QED) is 0.743. The summed E-state index contributed by atoms with van der Waals surface area (Å²) >= 11 is 0. The highest BCUT2D eigenvalue weighted by Gasteiger charge is 2.55. The third-order valence-corrected chi connectivity index (χ3v) is 4.90. The summed E-state index contributed by atoms with van der Waals surface area (Å²) in [6, 6.07) is -0.0693. The Morgan fingerprint density at radius 1 is 1.41 bits per heavy atom. The third-order valence-electron chi connectivity index (χ3n) is 4.90. The zero-order chi connectivity index (χ0) is 16.1. The number of imide groups is 1. The predicted molar refractivity (Wildman–Crippen MR) is 80.1 cm³/mol. The van der Waals surface area contributed by atoms with Crippen LogP contribution in [0.3, 0.4) is 0 Å². The van der Waals surface area contributed by atoms with Crippen molar-refractivity contribution in [1.29, 1.82) is 0 Å². The van der Waals surface area contributed by atoms with E-state index in [0.29, 0.717) is 32.1 Å². The SMILES string of the molecule is CC(C)N1C(=O)N[C@]2(CCN(CC(=O)N(C)C3CC3)C2)C1=O. The maximum atomic E-state index is 12.6. The average Bonchev–Trinajstić information content (AvgIpc) is 3.16. The molecule has 1 saturated carbocycles. The van der Waals surface area contributed by atoms with E-state index in [1.165, 1.54) is 4.90 Å². The Balaban J connectivity index is 1.63. The third kappa shape index (κ3) is 2.47. The molecule has 3 rings (SSSR count). The molecule has 22 heavy (non-hydrogen) atoms. The molecular formula is C15H24N4O3. The van der Waals surface area contributed by atoms with Gasteiger partial charge in [0, 0.05) is 32.2 Å². The van der Waals surface area contributed by atoms with Crippen LogP contribution in [0.1, 0.15) is 33.1 Å². The first-order valence-corrected chi connectivity index (χ1v) is 7.98. The van der Waals surface area contributed by atoms with Crippen LogP contribution in [0.4, 0.5) is 4.79 Å². The molecule has 1 atom stereocenters. The summed E-state index contributed by atoms with van der Waals surface area (Å²) in [6.45, 7) is 5.06. The van der Waals surface area contributed by atoms with Gasteiger partial charge in [-0.05, 0) is 33.1 Å². The summed E-state index contributed by atoms with van der Waals surface area (Å²) in [5, 5.41) is 2.85. The van der Waals surface area contributed by atoms with E-state index in [2.05, 4.69) is 5.32 Å². The van der Waals surface area contributed by atoms with Gasteiger partial charge in [0.05, 0.1) is 6.54 Å². The van der Waals surface area contributed by atoms with Crippen LogP contribution in [0, 0.1) is 0 Å². The Kier molecular flexibility index (Phi) is 3.63. The number of nitrogens with zero attached hydrogens (tertiary/aromatic N) is 3. The Morgan fingerprint density at radius 3 is 2.64 bits per heavy atom. The van der Waals surface area contributed by atoms with Crippen molar-refractivity contribution < 1.29 is 14.4 Å². The number of amides is 4. The van der Waals surface area contributed by atoms with E-state index in [0.717, 1.165) is 12.8 Å². The fourth-order valence-electron chi connectivity index (χ4n) is 3.38. The van der Waals surface area contributed by atoms with E-state index in [1.807, 2.05) is 25.8 Å². The summed E-state index contributed by atoms with van der Waals surface area (Å²) in [7, 11) is 1.84. The molecule has 0 aromatic rings. The van der Waals surface area contributed by atoms with E-state index in [9.17, 15) is 14.4 Å². The number of carbonyl (C=O) groups excluding carboxylic acids is 3. The van der Waals surface area contributed by atoms with Crippen LogP contribution in [0.2, 0.25) is 0 Å². The number of likely N-dealkylation sites (tertiary alicyclic amines) is 1. The van der Waals surface area contributed by atoms with Gasteiger partial charge >= 0.3 is 6.03 Å². The lowest BCUT2D eigenvalue weighted by Crippen LogP contribution is -2.50. The Bertz CT molecular complexity index is 517. The van der Waals surface area contributed by atoms with Gasteiger partial charge in [-0.3, -0.25) is 19.4 Å². The van der Waals surface area contributed by atoms with E-state index in [4.69, 9.17) is 0 Å². The molecule has 0 unspecified atom stereocenters. The van der Waals surface area contributed by atoms with Crippen molar-refractivity contribution in [2.75, 3.05) is 26.7 Å². The maximum Gasteiger partial charge on any atom is 0.325 e. The standard InChI is InChI=1S/C15H24N4O3/c1-10(2)19-13(21)15(16-14(19)22)6-7-18(9-15)8-12(20)17(3)11-4-5-11/h10-11H,4-9H2,1-3H3,(H,16,22)/t15-/m0/s1. The Labute approximate surface area is 130 Å². The van der Waals surface area contributed by atoms with Crippen molar-refractivity contribution >= 4 is 17.8 Å². The normalized spacial score (nSPS) is 28.8. The van der Waals surface area contributed by atoms with Gasteiger partial charge in [0.15, 0.2) is 0 Å². The largest absolute Gasteiger partial charge is 0.342 e. The molecule has 122 valence electrons. The van der Waals surface area contributed by atoms with Crippen LogP contribution in [0.5, 0.6) is 0 Å². The van der Waals surface area contributed by atoms with Crippen molar-refractivity contribution in [3.05, 3.63) is 0 Å². The van der Waals surface area contributed by atoms with E-state index >= 15 is 0 Å². The highest BCUT2D eigenvalue weighted by Crippen LogP contribution is 2.30. The number of hydrogen-bond donors (Lipinski definition) is 1. The monoisotopic (exact) mass is 308 g/mol. The first-order valence-electron chi connectivity index (χ1n) is 7.98. The molecule has 2 saturated heterocycles. The van der Waals surface area contributed by atoms with Gasteiger partial charge in [-0.15, -0.1) is 0 Å². The van der Waals surface area contributed by atoms with Crippen molar-refractivity contribution in [3.63, 3.8) is 0 Å². The lowest BCUT2D eigenvalue weighted by Gasteiger charge is -2.24. The van der Waals surface area contributed by atoms with Gasteiger partial charge < -0.3 is 10.2 Å². The molecule has 1 aliphatic carbocycles. The first-order chi connectivity index (χ1) is 10.3. The second-order valence-corrected chi connectivity index (χ2v) is 6.98. The maximum absolute atomic E-state index is 12.6. The Morgan fingerprint density at radius 2 is 2.09 bits per heavy atom.